The van der Waals surface area contributed by atoms with Crippen LogP contribution in [-0.2, 0) is 4.74 Å². The first kappa shape index (κ1) is 12.9. The van der Waals surface area contributed by atoms with Crippen molar-refractivity contribution in [1.82, 2.24) is 4.90 Å². The van der Waals surface area contributed by atoms with E-state index < -0.39 is 0 Å². The van der Waals surface area contributed by atoms with Gasteiger partial charge in [-0.15, -0.1) is 0 Å². The zero-order chi connectivity index (χ0) is 12.4. The molecule has 2 heterocycles. The Balaban J connectivity index is 1.38. The highest BCUT2D eigenvalue weighted by molar-refractivity contribution is 4.96. The molecule has 0 radical (unpaired) electrons. The second-order valence-electron chi connectivity index (χ2n) is 6.90. The lowest BCUT2D eigenvalue weighted by Gasteiger charge is -2.53. The molecule has 0 bridgehead atoms. The Bertz CT molecular complexity index is 260. The summed E-state index contributed by atoms with van der Waals surface area (Å²) in [5.41, 5.74) is 6.40. The Labute approximate surface area is 111 Å². The Hall–Kier alpha value is -0.120. The zero-order valence-corrected chi connectivity index (χ0v) is 11.6. The number of nitrogens with two attached hydrogens (primary N) is 1. The summed E-state index contributed by atoms with van der Waals surface area (Å²) in [6, 6.07) is 0. The van der Waals surface area contributed by atoms with Crippen LogP contribution >= 0.6 is 0 Å². The van der Waals surface area contributed by atoms with Crippen molar-refractivity contribution in [1.29, 1.82) is 0 Å². The summed E-state index contributed by atoms with van der Waals surface area (Å²) >= 11 is 0. The first-order chi connectivity index (χ1) is 8.80. The van der Waals surface area contributed by atoms with Crippen LogP contribution in [0.3, 0.4) is 0 Å². The van der Waals surface area contributed by atoms with Crippen LogP contribution in [-0.4, -0.2) is 44.3 Å². The Morgan fingerprint density at radius 2 is 1.61 bits per heavy atom. The van der Waals surface area contributed by atoms with E-state index in [0.717, 1.165) is 31.6 Å². The molecule has 3 heteroatoms. The molecule has 0 aromatic heterocycles. The van der Waals surface area contributed by atoms with Gasteiger partial charge in [-0.25, -0.2) is 0 Å². The van der Waals surface area contributed by atoms with Crippen LogP contribution in [0.2, 0.25) is 0 Å². The molecule has 0 aromatic carbocycles. The molecule has 1 saturated carbocycles. The average Bonchev–Trinajstić information content (AvgIpc) is 2.39. The first-order valence-electron chi connectivity index (χ1n) is 7.80. The van der Waals surface area contributed by atoms with Crippen LogP contribution in [0.1, 0.15) is 38.5 Å². The van der Waals surface area contributed by atoms with Gasteiger partial charge in [0.15, 0.2) is 0 Å². The van der Waals surface area contributed by atoms with Crippen molar-refractivity contribution in [3.8, 4) is 0 Å². The first-order valence-corrected chi connectivity index (χ1v) is 7.80. The molecule has 0 atom stereocenters. The summed E-state index contributed by atoms with van der Waals surface area (Å²) in [5, 5.41) is 0. The lowest BCUT2D eigenvalue weighted by molar-refractivity contribution is -0.0867. The van der Waals surface area contributed by atoms with Crippen LogP contribution < -0.4 is 5.73 Å². The van der Waals surface area contributed by atoms with Gasteiger partial charge in [0, 0.05) is 38.3 Å². The van der Waals surface area contributed by atoms with E-state index in [1.54, 1.807) is 0 Å². The van der Waals surface area contributed by atoms with Crippen molar-refractivity contribution in [2.75, 3.05) is 39.4 Å². The van der Waals surface area contributed by atoms with E-state index in [9.17, 15) is 0 Å². The van der Waals surface area contributed by atoms with Gasteiger partial charge in [-0.05, 0) is 56.9 Å². The normalized spacial score (nSPS) is 36.5. The molecule has 0 amide bonds. The van der Waals surface area contributed by atoms with Gasteiger partial charge in [0.05, 0.1) is 0 Å². The van der Waals surface area contributed by atoms with Crippen molar-refractivity contribution in [2.45, 2.75) is 38.5 Å². The summed E-state index contributed by atoms with van der Waals surface area (Å²) in [7, 11) is 0. The van der Waals surface area contributed by atoms with E-state index >= 15 is 0 Å². The second-order valence-corrected chi connectivity index (χ2v) is 6.90. The third-order valence-electron chi connectivity index (χ3n) is 5.49. The maximum Gasteiger partial charge on any atom is 0.0472 e. The minimum atomic E-state index is 0.646. The largest absolute Gasteiger partial charge is 0.381 e. The summed E-state index contributed by atoms with van der Waals surface area (Å²) in [5.74, 6) is 1.77. The van der Waals surface area contributed by atoms with Crippen molar-refractivity contribution < 1.29 is 4.74 Å². The number of ether oxygens (including phenoxy) is 1. The molecule has 2 aliphatic heterocycles. The molecule has 2 N–H and O–H groups in total. The van der Waals surface area contributed by atoms with Crippen LogP contribution in [0.25, 0.3) is 0 Å². The van der Waals surface area contributed by atoms with Gasteiger partial charge in [-0.3, -0.25) is 0 Å². The Kier molecular flexibility index (Phi) is 3.92. The minimum absolute atomic E-state index is 0.646. The number of hydrogen-bond donors (Lipinski definition) is 1. The fraction of sp³-hybridized carbons (Fsp3) is 1.00. The number of rotatable bonds is 3. The minimum Gasteiger partial charge on any atom is -0.381 e. The highest BCUT2D eigenvalue weighted by Crippen LogP contribution is 2.41. The van der Waals surface area contributed by atoms with E-state index in [2.05, 4.69) is 4.90 Å². The molecule has 0 unspecified atom stereocenters. The van der Waals surface area contributed by atoms with Gasteiger partial charge in [-0.2, -0.15) is 0 Å². The number of likely N-dealkylation sites (tertiary alicyclic amines) is 1. The van der Waals surface area contributed by atoms with Gasteiger partial charge in [-0.1, -0.05) is 0 Å². The quantitative estimate of drug-likeness (QED) is 0.833. The average molecular weight is 252 g/mol. The van der Waals surface area contributed by atoms with E-state index in [-0.39, 0.29) is 0 Å². The topological polar surface area (TPSA) is 38.5 Å². The maximum atomic E-state index is 5.76. The van der Waals surface area contributed by atoms with Crippen molar-refractivity contribution in [3.05, 3.63) is 0 Å². The van der Waals surface area contributed by atoms with Crippen molar-refractivity contribution in [3.63, 3.8) is 0 Å². The molecular formula is C15H28N2O. The monoisotopic (exact) mass is 252 g/mol. The van der Waals surface area contributed by atoms with Crippen LogP contribution in [0.15, 0.2) is 0 Å². The Morgan fingerprint density at radius 1 is 1.00 bits per heavy atom. The molecule has 3 fully saturated rings. The predicted octanol–water partition coefficient (Wildman–Crippen LogP) is 1.86. The third-order valence-corrected chi connectivity index (χ3v) is 5.49. The van der Waals surface area contributed by atoms with Crippen LogP contribution in [0.4, 0.5) is 0 Å². The van der Waals surface area contributed by atoms with Gasteiger partial charge in [0.2, 0.25) is 0 Å². The SMILES string of the molecule is NCC1CCC(CN2CC3(CCOCC3)C2)CC1. The summed E-state index contributed by atoms with van der Waals surface area (Å²) in [4.78, 5) is 2.69. The van der Waals surface area contributed by atoms with Gasteiger partial charge in [0.1, 0.15) is 0 Å². The smallest absolute Gasteiger partial charge is 0.0472 e. The maximum absolute atomic E-state index is 5.76. The lowest BCUT2D eigenvalue weighted by atomic mass is 9.72. The molecule has 2 saturated heterocycles. The summed E-state index contributed by atoms with van der Waals surface area (Å²) in [6.45, 7) is 6.92. The molecule has 3 nitrogen and oxygen atoms in total. The van der Waals surface area contributed by atoms with Gasteiger partial charge < -0.3 is 15.4 Å². The molecule has 18 heavy (non-hydrogen) atoms. The second kappa shape index (κ2) is 5.48. The summed E-state index contributed by atoms with van der Waals surface area (Å²) < 4.78 is 5.48. The van der Waals surface area contributed by atoms with E-state index in [0.29, 0.717) is 5.41 Å². The molecule has 104 valence electrons. The molecule has 3 aliphatic rings. The lowest BCUT2D eigenvalue weighted by Crippen LogP contribution is -2.59. The van der Waals surface area contributed by atoms with E-state index in [1.165, 1.54) is 58.2 Å². The molecular weight excluding hydrogens is 224 g/mol. The zero-order valence-electron chi connectivity index (χ0n) is 11.6. The molecule has 3 rings (SSSR count). The molecule has 1 spiro atoms. The van der Waals surface area contributed by atoms with E-state index in [1.807, 2.05) is 0 Å². The molecule has 0 aromatic rings. The van der Waals surface area contributed by atoms with Crippen molar-refractivity contribution in [2.24, 2.45) is 23.0 Å². The van der Waals surface area contributed by atoms with Crippen molar-refractivity contribution >= 4 is 0 Å². The Morgan fingerprint density at radius 3 is 2.22 bits per heavy atom. The fourth-order valence-corrected chi connectivity index (χ4v) is 4.17. The highest BCUT2D eigenvalue weighted by Gasteiger charge is 2.44. The van der Waals surface area contributed by atoms with E-state index in [4.69, 9.17) is 10.5 Å². The fourth-order valence-electron chi connectivity index (χ4n) is 4.17. The van der Waals surface area contributed by atoms with Crippen LogP contribution in [0.5, 0.6) is 0 Å². The number of nitrogens with zero attached hydrogens (tertiary/aromatic N) is 1. The molecule has 1 aliphatic carbocycles. The number of hydrogen-bond acceptors (Lipinski definition) is 3. The van der Waals surface area contributed by atoms with Crippen LogP contribution in [0, 0.1) is 17.3 Å². The standard InChI is InChI=1S/C15H28N2O/c16-9-13-1-3-14(4-2-13)10-17-11-15(12-17)5-7-18-8-6-15/h13-14H,1-12,16H2. The predicted molar refractivity (Wildman–Crippen MR) is 73.4 cm³/mol. The third kappa shape index (κ3) is 2.73. The highest BCUT2D eigenvalue weighted by atomic mass is 16.5. The van der Waals surface area contributed by atoms with Gasteiger partial charge >= 0.3 is 0 Å². The summed E-state index contributed by atoms with van der Waals surface area (Å²) in [6.07, 6.45) is 8.15. The van der Waals surface area contributed by atoms with Gasteiger partial charge in [0.25, 0.3) is 0 Å².